The highest BCUT2D eigenvalue weighted by Gasteiger charge is 2.13. The molecule has 0 heterocycles. The van der Waals surface area contributed by atoms with Crippen LogP contribution in [0.4, 0.5) is 0 Å². The van der Waals surface area contributed by atoms with Crippen molar-refractivity contribution >= 4 is 10.8 Å². The average Bonchev–Trinajstić information content (AvgIpc) is 2.35. The lowest BCUT2D eigenvalue weighted by molar-refractivity contribution is 0.287. The molecule has 2 nitrogen and oxygen atoms in total. The topological polar surface area (TPSA) is 29.3 Å². The van der Waals surface area contributed by atoms with Crippen molar-refractivity contribution in [3.8, 4) is 0 Å². The van der Waals surface area contributed by atoms with E-state index < -0.39 is 0 Å². The Hall–Kier alpha value is -1.38. The van der Waals surface area contributed by atoms with Gasteiger partial charge in [0.15, 0.2) is 0 Å². The maximum absolute atomic E-state index is 5.69. The van der Waals surface area contributed by atoms with E-state index in [9.17, 15) is 0 Å². The van der Waals surface area contributed by atoms with Crippen molar-refractivity contribution < 1.29 is 0 Å². The molecular weight excluding hydrogens is 208 g/mol. The molecule has 0 amide bonds. The molecule has 0 saturated heterocycles. The van der Waals surface area contributed by atoms with Crippen molar-refractivity contribution in [3.63, 3.8) is 0 Å². The monoisotopic (exact) mass is 228 g/mol. The lowest BCUT2D eigenvalue weighted by Gasteiger charge is -2.24. The van der Waals surface area contributed by atoms with Crippen LogP contribution < -0.4 is 5.73 Å². The fourth-order valence-electron chi connectivity index (χ4n) is 2.30. The van der Waals surface area contributed by atoms with Crippen molar-refractivity contribution in [1.29, 1.82) is 0 Å². The second-order valence-corrected chi connectivity index (χ2v) is 4.66. The number of nitrogens with two attached hydrogens (primary N) is 1. The van der Waals surface area contributed by atoms with Gasteiger partial charge in [-0.05, 0) is 49.5 Å². The summed E-state index contributed by atoms with van der Waals surface area (Å²) in [5, 5.41) is 2.59. The summed E-state index contributed by atoms with van der Waals surface area (Å²) in [6, 6.07) is 15.5. The van der Waals surface area contributed by atoms with Gasteiger partial charge in [0.25, 0.3) is 0 Å². The Morgan fingerprint density at radius 2 is 1.76 bits per heavy atom. The molecule has 0 aliphatic rings. The fourth-order valence-corrected chi connectivity index (χ4v) is 2.30. The standard InChI is InChI=1S/C15H20N2/c1-17(2)15(9-10-16)14-8-7-12-5-3-4-6-13(12)11-14/h3-8,11,15H,9-10,16H2,1-2H3. The molecule has 0 aliphatic heterocycles. The molecule has 2 N–H and O–H groups in total. The zero-order chi connectivity index (χ0) is 12.3. The van der Waals surface area contributed by atoms with E-state index in [2.05, 4.69) is 61.5 Å². The van der Waals surface area contributed by atoms with Crippen LogP contribution in [0.25, 0.3) is 10.8 Å². The minimum absolute atomic E-state index is 0.407. The lowest BCUT2D eigenvalue weighted by atomic mass is 9.99. The Labute approximate surface area is 103 Å². The average molecular weight is 228 g/mol. The predicted molar refractivity (Wildman–Crippen MR) is 74.0 cm³/mol. The van der Waals surface area contributed by atoms with E-state index in [-0.39, 0.29) is 0 Å². The zero-order valence-electron chi connectivity index (χ0n) is 10.6. The second-order valence-electron chi connectivity index (χ2n) is 4.66. The van der Waals surface area contributed by atoms with Crippen molar-refractivity contribution in [2.45, 2.75) is 12.5 Å². The largest absolute Gasteiger partial charge is 0.330 e. The van der Waals surface area contributed by atoms with Crippen LogP contribution in [0, 0.1) is 0 Å². The molecule has 17 heavy (non-hydrogen) atoms. The van der Waals surface area contributed by atoms with E-state index in [4.69, 9.17) is 5.73 Å². The molecule has 0 aromatic heterocycles. The molecule has 0 radical (unpaired) electrons. The van der Waals surface area contributed by atoms with Gasteiger partial charge in [-0.3, -0.25) is 0 Å². The first-order valence-electron chi connectivity index (χ1n) is 6.07. The number of hydrogen-bond acceptors (Lipinski definition) is 2. The summed E-state index contributed by atoms with van der Waals surface area (Å²) in [4.78, 5) is 2.23. The van der Waals surface area contributed by atoms with Crippen LogP contribution in [-0.2, 0) is 0 Å². The minimum Gasteiger partial charge on any atom is -0.330 e. The first kappa shape index (κ1) is 12.1. The van der Waals surface area contributed by atoms with Gasteiger partial charge in [0, 0.05) is 6.04 Å². The van der Waals surface area contributed by atoms with Crippen LogP contribution in [0.15, 0.2) is 42.5 Å². The maximum atomic E-state index is 5.69. The summed E-state index contributed by atoms with van der Waals surface area (Å²) in [5.41, 5.74) is 7.04. The molecule has 0 spiro atoms. The summed E-state index contributed by atoms with van der Waals surface area (Å²) < 4.78 is 0. The van der Waals surface area contributed by atoms with Gasteiger partial charge < -0.3 is 10.6 Å². The minimum atomic E-state index is 0.407. The highest BCUT2D eigenvalue weighted by Crippen LogP contribution is 2.25. The Bertz CT molecular complexity index is 491. The number of benzene rings is 2. The molecule has 2 aromatic carbocycles. The maximum Gasteiger partial charge on any atom is 0.0354 e. The summed E-state index contributed by atoms with van der Waals surface area (Å²) in [5.74, 6) is 0. The van der Waals surface area contributed by atoms with Crippen LogP contribution in [0.1, 0.15) is 18.0 Å². The molecule has 0 aliphatic carbocycles. The second kappa shape index (κ2) is 5.30. The van der Waals surface area contributed by atoms with Gasteiger partial charge >= 0.3 is 0 Å². The van der Waals surface area contributed by atoms with Gasteiger partial charge in [-0.1, -0.05) is 36.4 Å². The third-order valence-electron chi connectivity index (χ3n) is 3.22. The van der Waals surface area contributed by atoms with Crippen LogP contribution in [0.3, 0.4) is 0 Å². The third kappa shape index (κ3) is 2.65. The van der Waals surface area contributed by atoms with E-state index in [0.717, 1.165) is 13.0 Å². The number of fused-ring (bicyclic) bond motifs is 1. The van der Waals surface area contributed by atoms with E-state index in [0.29, 0.717) is 6.04 Å². The molecule has 90 valence electrons. The molecule has 2 heteroatoms. The zero-order valence-corrected chi connectivity index (χ0v) is 10.6. The highest BCUT2D eigenvalue weighted by atomic mass is 15.1. The summed E-state index contributed by atoms with van der Waals surface area (Å²) in [6.07, 6.45) is 0.991. The van der Waals surface area contributed by atoms with Crippen LogP contribution >= 0.6 is 0 Å². The molecule has 2 rings (SSSR count). The number of rotatable bonds is 4. The quantitative estimate of drug-likeness (QED) is 0.872. The van der Waals surface area contributed by atoms with Gasteiger partial charge in [-0.2, -0.15) is 0 Å². The Morgan fingerprint density at radius 1 is 1.06 bits per heavy atom. The van der Waals surface area contributed by atoms with E-state index in [1.165, 1.54) is 16.3 Å². The summed E-state index contributed by atoms with van der Waals surface area (Å²) in [7, 11) is 4.21. The van der Waals surface area contributed by atoms with Crippen molar-refractivity contribution in [3.05, 3.63) is 48.0 Å². The molecule has 0 saturated carbocycles. The third-order valence-corrected chi connectivity index (χ3v) is 3.22. The van der Waals surface area contributed by atoms with Crippen LogP contribution in [0.5, 0.6) is 0 Å². The smallest absolute Gasteiger partial charge is 0.0354 e. The first-order valence-corrected chi connectivity index (χ1v) is 6.07. The summed E-state index contributed by atoms with van der Waals surface area (Å²) in [6.45, 7) is 0.718. The SMILES string of the molecule is CN(C)C(CCN)c1ccc2ccccc2c1. The molecule has 0 bridgehead atoms. The van der Waals surface area contributed by atoms with Crippen molar-refractivity contribution in [2.24, 2.45) is 5.73 Å². The number of nitrogens with zero attached hydrogens (tertiary/aromatic N) is 1. The van der Waals surface area contributed by atoms with E-state index in [1.807, 2.05) is 0 Å². The predicted octanol–water partition coefficient (Wildman–Crippen LogP) is 2.79. The van der Waals surface area contributed by atoms with Crippen LogP contribution in [0.2, 0.25) is 0 Å². The fraction of sp³-hybridized carbons (Fsp3) is 0.333. The molecule has 0 fully saturated rings. The van der Waals surface area contributed by atoms with Gasteiger partial charge in [0.1, 0.15) is 0 Å². The van der Waals surface area contributed by atoms with Gasteiger partial charge in [0.2, 0.25) is 0 Å². The lowest BCUT2D eigenvalue weighted by Crippen LogP contribution is -2.22. The van der Waals surface area contributed by atoms with Gasteiger partial charge in [-0.15, -0.1) is 0 Å². The molecule has 2 aromatic rings. The van der Waals surface area contributed by atoms with E-state index >= 15 is 0 Å². The normalized spacial score (nSPS) is 13.2. The van der Waals surface area contributed by atoms with Crippen molar-refractivity contribution in [1.82, 2.24) is 4.90 Å². The molecule has 1 atom stereocenters. The Balaban J connectivity index is 2.40. The molecule has 1 unspecified atom stereocenters. The van der Waals surface area contributed by atoms with Crippen molar-refractivity contribution in [2.75, 3.05) is 20.6 Å². The summed E-state index contributed by atoms with van der Waals surface area (Å²) >= 11 is 0. The highest BCUT2D eigenvalue weighted by molar-refractivity contribution is 5.83. The first-order chi connectivity index (χ1) is 8.22. The van der Waals surface area contributed by atoms with Crippen LogP contribution in [-0.4, -0.2) is 25.5 Å². The van der Waals surface area contributed by atoms with Gasteiger partial charge in [0.05, 0.1) is 0 Å². The Morgan fingerprint density at radius 3 is 2.41 bits per heavy atom. The van der Waals surface area contributed by atoms with E-state index in [1.54, 1.807) is 0 Å². The molecular formula is C15H20N2. The Kier molecular flexibility index (Phi) is 3.77. The number of hydrogen-bond donors (Lipinski definition) is 1. The van der Waals surface area contributed by atoms with Gasteiger partial charge in [-0.25, -0.2) is 0 Å².